The van der Waals surface area contributed by atoms with Gasteiger partial charge in [-0.25, -0.2) is 0 Å². The predicted molar refractivity (Wildman–Crippen MR) is 79.7 cm³/mol. The summed E-state index contributed by atoms with van der Waals surface area (Å²) in [5.74, 6) is 1.45. The molecule has 1 saturated carbocycles. The van der Waals surface area contributed by atoms with E-state index >= 15 is 0 Å². The first-order valence-corrected chi connectivity index (χ1v) is 7.70. The molecule has 6 nitrogen and oxygen atoms in total. The number of aromatic nitrogens is 2. The fourth-order valence-electron chi connectivity index (χ4n) is 2.72. The summed E-state index contributed by atoms with van der Waals surface area (Å²) < 4.78 is 5.28. The molecule has 1 amide bonds. The van der Waals surface area contributed by atoms with E-state index < -0.39 is 0 Å². The zero-order chi connectivity index (χ0) is 15.5. The average Bonchev–Trinajstić information content (AvgIpc) is 2.93. The Bertz CT molecular complexity index is 478. The Labute approximate surface area is 126 Å². The maximum absolute atomic E-state index is 11.9. The zero-order valence-electron chi connectivity index (χ0n) is 13.4. The molecule has 1 fully saturated rings. The summed E-state index contributed by atoms with van der Waals surface area (Å²) in [4.78, 5) is 16.3. The number of rotatable bonds is 4. The molecule has 2 atom stereocenters. The molecule has 0 spiro atoms. The van der Waals surface area contributed by atoms with Gasteiger partial charge in [-0.2, -0.15) is 4.98 Å². The lowest BCUT2D eigenvalue weighted by Crippen LogP contribution is -2.45. The molecule has 1 heterocycles. The number of hydrogen-bond acceptors (Lipinski definition) is 5. The van der Waals surface area contributed by atoms with E-state index in [0.717, 1.165) is 25.7 Å². The van der Waals surface area contributed by atoms with Crippen LogP contribution in [-0.2, 0) is 16.8 Å². The van der Waals surface area contributed by atoms with Crippen LogP contribution in [0.2, 0.25) is 0 Å². The highest BCUT2D eigenvalue weighted by Crippen LogP contribution is 2.25. The number of amides is 1. The van der Waals surface area contributed by atoms with Crippen molar-refractivity contribution in [2.45, 2.75) is 64.5 Å². The third-order valence-corrected chi connectivity index (χ3v) is 4.00. The average molecular weight is 294 g/mol. The Kier molecular flexibility index (Phi) is 4.98. The smallest absolute Gasteiger partial charge is 0.240 e. The second-order valence-corrected chi connectivity index (χ2v) is 6.75. The van der Waals surface area contributed by atoms with Gasteiger partial charge in [-0.1, -0.05) is 38.8 Å². The lowest BCUT2D eigenvalue weighted by atomic mass is 9.84. The first kappa shape index (κ1) is 15.9. The molecule has 0 bridgehead atoms. The Morgan fingerprint density at radius 2 is 2.05 bits per heavy atom. The van der Waals surface area contributed by atoms with Gasteiger partial charge in [0.1, 0.15) is 0 Å². The van der Waals surface area contributed by atoms with Gasteiger partial charge in [0, 0.05) is 18.5 Å². The zero-order valence-corrected chi connectivity index (χ0v) is 13.4. The summed E-state index contributed by atoms with van der Waals surface area (Å²) in [6.45, 7) is 6.68. The van der Waals surface area contributed by atoms with Crippen LogP contribution in [0, 0.1) is 5.92 Å². The first-order valence-electron chi connectivity index (χ1n) is 7.70. The maximum atomic E-state index is 11.9. The molecule has 21 heavy (non-hydrogen) atoms. The van der Waals surface area contributed by atoms with Crippen molar-refractivity contribution in [2.75, 3.05) is 7.05 Å². The van der Waals surface area contributed by atoms with Gasteiger partial charge >= 0.3 is 0 Å². The Morgan fingerprint density at radius 1 is 1.33 bits per heavy atom. The third kappa shape index (κ3) is 4.03. The van der Waals surface area contributed by atoms with Crippen LogP contribution in [0.4, 0.5) is 0 Å². The molecule has 2 rings (SSSR count). The van der Waals surface area contributed by atoms with Gasteiger partial charge < -0.3 is 15.2 Å². The highest BCUT2D eigenvalue weighted by molar-refractivity contribution is 5.79. The standard InChI is InChI=1S/C15H26N4O2/c1-15(2,3)14-18-12(21-19-14)9-17-11-8-6-5-7-10(11)13(20)16-4/h10-11,17H,5-9H2,1-4H3,(H,16,20)/t10-,11-/m0/s1. The fourth-order valence-corrected chi connectivity index (χ4v) is 2.72. The Hall–Kier alpha value is -1.43. The lowest BCUT2D eigenvalue weighted by Gasteiger charge is -2.30. The number of hydrogen-bond donors (Lipinski definition) is 2. The van der Waals surface area contributed by atoms with E-state index in [1.165, 1.54) is 0 Å². The second kappa shape index (κ2) is 6.56. The molecular formula is C15H26N4O2. The second-order valence-electron chi connectivity index (χ2n) is 6.75. The van der Waals surface area contributed by atoms with Crippen molar-refractivity contribution in [3.05, 3.63) is 11.7 Å². The first-order chi connectivity index (χ1) is 9.91. The summed E-state index contributed by atoms with van der Waals surface area (Å²) in [7, 11) is 1.70. The van der Waals surface area contributed by atoms with E-state index in [9.17, 15) is 4.79 Å². The molecule has 118 valence electrons. The van der Waals surface area contributed by atoms with Crippen molar-refractivity contribution < 1.29 is 9.32 Å². The minimum absolute atomic E-state index is 0.0359. The van der Waals surface area contributed by atoms with Gasteiger partial charge in [0.05, 0.1) is 12.5 Å². The molecule has 0 unspecified atom stereocenters. The van der Waals surface area contributed by atoms with E-state index in [1.807, 2.05) is 0 Å². The van der Waals surface area contributed by atoms with Gasteiger partial charge in [0.2, 0.25) is 11.8 Å². The molecule has 0 aliphatic heterocycles. The van der Waals surface area contributed by atoms with Crippen LogP contribution in [0.1, 0.15) is 58.2 Å². The topological polar surface area (TPSA) is 80.0 Å². The summed E-state index contributed by atoms with van der Waals surface area (Å²) in [6, 6.07) is 0.184. The van der Waals surface area contributed by atoms with Gasteiger partial charge in [0.25, 0.3) is 0 Å². The van der Waals surface area contributed by atoms with E-state index in [0.29, 0.717) is 18.3 Å². The predicted octanol–water partition coefficient (Wildman–Crippen LogP) is 1.76. The molecule has 1 aromatic rings. The summed E-state index contributed by atoms with van der Waals surface area (Å²) >= 11 is 0. The van der Waals surface area contributed by atoms with Gasteiger partial charge in [-0.15, -0.1) is 0 Å². The molecule has 0 radical (unpaired) electrons. The van der Waals surface area contributed by atoms with E-state index in [4.69, 9.17) is 4.52 Å². The van der Waals surface area contributed by atoms with Crippen molar-refractivity contribution in [2.24, 2.45) is 5.92 Å². The molecule has 0 saturated heterocycles. The number of carbonyl (C=O) groups excluding carboxylic acids is 1. The quantitative estimate of drug-likeness (QED) is 0.884. The molecule has 6 heteroatoms. The van der Waals surface area contributed by atoms with Crippen molar-refractivity contribution in [1.82, 2.24) is 20.8 Å². The van der Waals surface area contributed by atoms with E-state index in [2.05, 4.69) is 41.5 Å². The highest BCUT2D eigenvalue weighted by atomic mass is 16.5. The number of carbonyl (C=O) groups is 1. The molecular weight excluding hydrogens is 268 g/mol. The van der Waals surface area contributed by atoms with Crippen LogP contribution >= 0.6 is 0 Å². The number of nitrogens with zero attached hydrogens (tertiary/aromatic N) is 2. The Balaban J connectivity index is 1.94. The third-order valence-electron chi connectivity index (χ3n) is 4.00. The Morgan fingerprint density at radius 3 is 2.67 bits per heavy atom. The maximum Gasteiger partial charge on any atom is 0.240 e. The minimum atomic E-state index is -0.114. The van der Waals surface area contributed by atoms with Gasteiger partial charge in [-0.05, 0) is 12.8 Å². The minimum Gasteiger partial charge on any atom is -0.359 e. The van der Waals surface area contributed by atoms with Crippen LogP contribution in [0.5, 0.6) is 0 Å². The van der Waals surface area contributed by atoms with Crippen LogP contribution in [0.15, 0.2) is 4.52 Å². The van der Waals surface area contributed by atoms with Crippen LogP contribution in [0.3, 0.4) is 0 Å². The fraction of sp³-hybridized carbons (Fsp3) is 0.800. The molecule has 1 aromatic heterocycles. The molecule has 0 aromatic carbocycles. The van der Waals surface area contributed by atoms with Gasteiger partial charge in [-0.3, -0.25) is 4.79 Å². The summed E-state index contributed by atoms with van der Waals surface area (Å²) in [5, 5.41) is 10.2. The van der Waals surface area contributed by atoms with Crippen LogP contribution < -0.4 is 10.6 Å². The van der Waals surface area contributed by atoms with E-state index in [-0.39, 0.29) is 23.3 Å². The van der Waals surface area contributed by atoms with Crippen molar-refractivity contribution in [3.8, 4) is 0 Å². The van der Waals surface area contributed by atoms with Crippen LogP contribution in [0.25, 0.3) is 0 Å². The highest BCUT2D eigenvalue weighted by Gasteiger charge is 2.30. The van der Waals surface area contributed by atoms with Crippen molar-refractivity contribution in [3.63, 3.8) is 0 Å². The van der Waals surface area contributed by atoms with Crippen molar-refractivity contribution >= 4 is 5.91 Å². The lowest BCUT2D eigenvalue weighted by molar-refractivity contribution is -0.126. The monoisotopic (exact) mass is 294 g/mol. The summed E-state index contributed by atoms with van der Waals surface area (Å²) in [6.07, 6.45) is 4.22. The normalized spacial score (nSPS) is 23.0. The molecule has 2 N–H and O–H groups in total. The van der Waals surface area contributed by atoms with Gasteiger partial charge in [0.15, 0.2) is 5.82 Å². The van der Waals surface area contributed by atoms with E-state index in [1.54, 1.807) is 7.05 Å². The molecule has 1 aliphatic carbocycles. The SMILES string of the molecule is CNC(=O)[C@H]1CCCC[C@@H]1NCc1nc(C(C)(C)C)no1. The van der Waals surface area contributed by atoms with Crippen molar-refractivity contribution in [1.29, 1.82) is 0 Å². The number of nitrogens with one attached hydrogen (secondary N) is 2. The summed E-state index contributed by atoms with van der Waals surface area (Å²) in [5.41, 5.74) is -0.114. The van der Waals surface area contributed by atoms with Crippen LogP contribution in [-0.4, -0.2) is 29.1 Å². The molecule has 1 aliphatic rings. The largest absolute Gasteiger partial charge is 0.359 e.